The Hall–Kier alpha value is -0.643. The molecule has 0 aromatic carbocycles. The van der Waals surface area contributed by atoms with Crippen LogP contribution >= 0.6 is 0 Å². The van der Waals surface area contributed by atoms with Crippen molar-refractivity contribution in [2.75, 3.05) is 6.61 Å². The average molecular weight is 321 g/mol. The number of hydrogen-bond donors (Lipinski definition) is 1. The molecule has 3 heteroatoms. The molecule has 0 aromatic rings. The Morgan fingerprint density at radius 3 is 2.41 bits per heavy atom. The molecule has 4 atom stereocenters. The van der Waals surface area contributed by atoms with Crippen LogP contribution in [-0.4, -0.2) is 25.6 Å². The van der Waals surface area contributed by atoms with E-state index in [0.717, 1.165) is 13.0 Å². The van der Waals surface area contributed by atoms with Crippen LogP contribution in [0, 0.1) is 23.7 Å². The Balaban J connectivity index is 2.10. The van der Waals surface area contributed by atoms with Crippen molar-refractivity contribution in [1.82, 2.24) is 0 Å². The standard InChI is InChI=1S/C19H32O2Si/c1-8-15(9-2)19(20)16-10-11-17(19)14(12-16)13-21-22(6,7)18(3,4)5/h8-11,14-17,20H,1-2,12-13H2,3-7H3/t14-,16-,17+,19-/m0/s1. The fourth-order valence-electron chi connectivity index (χ4n) is 3.73. The molecule has 2 aliphatic carbocycles. The highest BCUT2D eigenvalue weighted by atomic mass is 28.4. The fraction of sp³-hybridized carbons (Fsp3) is 0.684. The molecule has 2 nitrogen and oxygen atoms in total. The van der Waals surface area contributed by atoms with Gasteiger partial charge in [-0.25, -0.2) is 0 Å². The molecule has 1 saturated carbocycles. The summed E-state index contributed by atoms with van der Waals surface area (Å²) in [6, 6.07) is 0. The van der Waals surface area contributed by atoms with Crippen LogP contribution < -0.4 is 0 Å². The molecule has 0 radical (unpaired) electrons. The summed E-state index contributed by atoms with van der Waals surface area (Å²) in [6.07, 6.45) is 9.03. The van der Waals surface area contributed by atoms with Crippen LogP contribution in [0.15, 0.2) is 37.5 Å². The van der Waals surface area contributed by atoms with Gasteiger partial charge in [-0.1, -0.05) is 45.1 Å². The van der Waals surface area contributed by atoms with Gasteiger partial charge in [0.2, 0.25) is 0 Å². The third kappa shape index (κ3) is 2.68. The van der Waals surface area contributed by atoms with E-state index < -0.39 is 13.9 Å². The zero-order valence-corrected chi connectivity index (χ0v) is 15.8. The highest BCUT2D eigenvalue weighted by Gasteiger charge is 2.58. The minimum atomic E-state index is -1.74. The van der Waals surface area contributed by atoms with E-state index >= 15 is 0 Å². The van der Waals surface area contributed by atoms with E-state index in [1.807, 2.05) is 12.2 Å². The van der Waals surface area contributed by atoms with Crippen molar-refractivity contribution >= 4 is 8.32 Å². The minimum absolute atomic E-state index is 0.0598. The van der Waals surface area contributed by atoms with Gasteiger partial charge in [-0.3, -0.25) is 0 Å². The second kappa shape index (κ2) is 5.77. The lowest BCUT2D eigenvalue weighted by Gasteiger charge is -2.38. The maximum atomic E-state index is 11.3. The second-order valence-electron chi connectivity index (χ2n) is 8.47. The zero-order chi connectivity index (χ0) is 16.8. The Kier molecular flexibility index (Phi) is 4.64. The van der Waals surface area contributed by atoms with Crippen molar-refractivity contribution in [3.8, 4) is 0 Å². The van der Waals surface area contributed by atoms with Gasteiger partial charge in [0.25, 0.3) is 0 Å². The molecule has 22 heavy (non-hydrogen) atoms. The summed E-state index contributed by atoms with van der Waals surface area (Å²) in [5, 5.41) is 11.5. The summed E-state index contributed by atoms with van der Waals surface area (Å²) >= 11 is 0. The van der Waals surface area contributed by atoms with E-state index in [9.17, 15) is 5.11 Å². The number of aliphatic hydroxyl groups is 1. The molecule has 0 aliphatic heterocycles. The van der Waals surface area contributed by atoms with Crippen molar-refractivity contribution in [2.24, 2.45) is 23.7 Å². The molecular formula is C19H32O2Si. The molecule has 1 fully saturated rings. The first-order valence-electron chi connectivity index (χ1n) is 8.37. The van der Waals surface area contributed by atoms with Crippen LogP contribution in [-0.2, 0) is 4.43 Å². The van der Waals surface area contributed by atoms with Crippen LogP contribution in [0.5, 0.6) is 0 Å². The molecule has 0 spiro atoms. The average Bonchev–Trinajstić information content (AvgIpc) is 2.88. The van der Waals surface area contributed by atoms with Gasteiger partial charge in [-0.15, -0.1) is 13.2 Å². The van der Waals surface area contributed by atoms with E-state index in [-0.39, 0.29) is 22.8 Å². The van der Waals surface area contributed by atoms with Gasteiger partial charge in [0.15, 0.2) is 8.32 Å². The van der Waals surface area contributed by atoms with Gasteiger partial charge in [0.05, 0.1) is 5.60 Å². The molecule has 1 N–H and O–H groups in total. The smallest absolute Gasteiger partial charge is 0.191 e. The van der Waals surface area contributed by atoms with Crippen LogP contribution in [0.1, 0.15) is 27.2 Å². The quantitative estimate of drug-likeness (QED) is 0.575. The van der Waals surface area contributed by atoms with Gasteiger partial charge in [-0.2, -0.15) is 0 Å². The maximum Gasteiger partial charge on any atom is 0.191 e. The summed E-state index contributed by atoms with van der Waals surface area (Å²) in [6.45, 7) is 19.9. The van der Waals surface area contributed by atoms with Crippen LogP contribution in [0.4, 0.5) is 0 Å². The van der Waals surface area contributed by atoms with Gasteiger partial charge >= 0.3 is 0 Å². The summed E-state index contributed by atoms with van der Waals surface area (Å²) < 4.78 is 6.41. The summed E-state index contributed by atoms with van der Waals surface area (Å²) in [7, 11) is -1.74. The summed E-state index contributed by atoms with van der Waals surface area (Å²) in [4.78, 5) is 0. The van der Waals surface area contributed by atoms with Crippen molar-refractivity contribution < 1.29 is 9.53 Å². The topological polar surface area (TPSA) is 29.5 Å². The second-order valence-corrected chi connectivity index (χ2v) is 13.3. The molecule has 124 valence electrons. The van der Waals surface area contributed by atoms with Gasteiger partial charge < -0.3 is 9.53 Å². The van der Waals surface area contributed by atoms with E-state index in [1.54, 1.807) is 0 Å². The fourth-order valence-corrected chi connectivity index (χ4v) is 4.79. The molecule has 2 bridgehead atoms. The molecule has 0 aromatic heterocycles. The van der Waals surface area contributed by atoms with Gasteiger partial charge in [-0.05, 0) is 30.5 Å². The minimum Gasteiger partial charge on any atom is -0.417 e. The predicted octanol–water partition coefficient (Wildman–Crippen LogP) is 4.55. The summed E-state index contributed by atoms with van der Waals surface area (Å²) in [5.41, 5.74) is -0.745. The molecule has 2 rings (SSSR count). The third-order valence-electron chi connectivity index (χ3n) is 6.25. The molecule has 0 unspecified atom stereocenters. The van der Waals surface area contributed by atoms with Crippen LogP contribution in [0.3, 0.4) is 0 Å². The monoisotopic (exact) mass is 320 g/mol. The van der Waals surface area contributed by atoms with Crippen molar-refractivity contribution in [2.45, 2.75) is 50.9 Å². The van der Waals surface area contributed by atoms with E-state index in [4.69, 9.17) is 4.43 Å². The largest absolute Gasteiger partial charge is 0.417 e. The van der Waals surface area contributed by atoms with E-state index in [2.05, 4.69) is 59.2 Å². The molecule has 2 aliphatic rings. The van der Waals surface area contributed by atoms with Gasteiger partial charge in [0.1, 0.15) is 0 Å². The number of rotatable bonds is 6. The van der Waals surface area contributed by atoms with Crippen molar-refractivity contribution in [3.05, 3.63) is 37.5 Å². The molecule has 0 saturated heterocycles. The number of hydrogen-bond acceptors (Lipinski definition) is 2. The Morgan fingerprint density at radius 2 is 1.91 bits per heavy atom. The predicted molar refractivity (Wildman–Crippen MR) is 96.2 cm³/mol. The molecule has 0 amide bonds. The SMILES string of the molecule is C=CC(C=C)[C@@]1(O)[C@@H]2C=C[C@H]1C[C@H]2CO[Si](C)(C)C(C)(C)C. The van der Waals surface area contributed by atoms with Crippen molar-refractivity contribution in [3.63, 3.8) is 0 Å². The molecular weight excluding hydrogens is 288 g/mol. The summed E-state index contributed by atoms with van der Waals surface area (Å²) in [5.74, 6) is 0.696. The Labute approximate surface area is 137 Å². The Bertz CT molecular complexity index is 466. The van der Waals surface area contributed by atoms with Crippen LogP contribution in [0.25, 0.3) is 0 Å². The lowest BCUT2D eigenvalue weighted by Crippen LogP contribution is -2.44. The number of fused-ring (bicyclic) bond motifs is 2. The molecule has 0 heterocycles. The lowest BCUT2D eigenvalue weighted by molar-refractivity contribution is -0.0279. The Morgan fingerprint density at radius 1 is 1.32 bits per heavy atom. The highest BCUT2D eigenvalue weighted by molar-refractivity contribution is 6.74. The maximum absolute atomic E-state index is 11.3. The zero-order valence-electron chi connectivity index (χ0n) is 14.8. The lowest BCUT2D eigenvalue weighted by atomic mass is 9.77. The van der Waals surface area contributed by atoms with E-state index in [1.165, 1.54) is 0 Å². The first kappa shape index (κ1) is 17.7. The van der Waals surface area contributed by atoms with Crippen molar-refractivity contribution in [1.29, 1.82) is 0 Å². The van der Waals surface area contributed by atoms with Gasteiger partial charge in [0, 0.05) is 24.4 Å². The first-order chi connectivity index (χ1) is 10.1. The highest BCUT2D eigenvalue weighted by Crippen LogP contribution is 2.55. The van der Waals surface area contributed by atoms with Crippen LogP contribution in [0.2, 0.25) is 18.1 Å². The normalized spacial score (nSPS) is 34.4. The first-order valence-corrected chi connectivity index (χ1v) is 11.3. The van der Waals surface area contributed by atoms with E-state index in [0.29, 0.717) is 5.92 Å². The third-order valence-corrected chi connectivity index (χ3v) is 10.8.